The highest BCUT2D eigenvalue weighted by atomic mass is 35.5. The van der Waals surface area contributed by atoms with Crippen LogP contribution in [0.2, 0.25) is 0 Å². The van der Waals surface area contributed by atoms with E-state index in [0.717, 1.165) is 13.0 Å². The molecular formula is C19H33ClN2O2. The van der Waals surface area contributed by atoms with Crippen LogP contribution < -0.4 is 22.7 Å². The lowest BCUT2D eigenvalue weighted by Crippen LogP contribution is -3.00. The number of hydrogen-bond acceptors (Lipinski definition) is 2. The van der Waals surface area contributed by atoms with Gasteiger partial charge in [-0.3, -0.25) is 4.79 Å². The average molecular weight is 357 g/mol. The number of unbranched alkanes of at least 4 members (excludes halogenated alkanes) is 9. The number of amides is 1. The van der Waals surface area contributed by atoms with Gasteiger partial charge in [-0.2, -0.15) is 4.57 Å². The second-order valence-electron chi connectivity index (χ2n) is 6.19. The first-order valence-corrected chi connectivity index (χ1v) is 9.10. The molecule has 0 bridgehead atoms. The van der Waals surface area contributed by atoms with Crippen molar-refractivity contribution in [1.82, 2.24) is 0 Å². The maximum Gasteiger partial charge on any atom is 0.254 e. The molecule has 4 nitrogen and oxygen atoms in total. The number of carbonyl (C=O) groups is 1. The molecule has 1 aromatic heterocycles. The minimum Gasteiger partial charge on any atom is -1.00 e. The van der Waals surface area contributed by atoms with Crippen LogP contribution in [0.4, 0.5) is 0 Å². The smallest absolute Gasteiger partial charge is 0.254 e. The highest BCUT2D eigenvalue weighted by Gasteiger charge is 2.06. The van der Waals surface area contributed by atoms with Crippen LogP contribution in [0, 0.1) is 0 Å². The molecule has 5 heteroatoms. The minimum absolute atomic E-state index is 0. The van der Waals surface area contributed by atoms with Gasteiger partial charge in [-0.1, -0.05) is 64.7 Å². The van der Waals surface area contributed by atoms with E-state index in [9.17, 15) is 4.79 Å². The molecule has 0 saturated carbocycles. The van der Waals surface area contributed by atoms with E-state index in [1.165, 1.54) is 57.8 Å². The highest BCUT2D eigenvalue weighted by Crippen LogP contribution is 2.10. The molecule has 0 aromatic carbocycles. The van der Waals surface area contributed by atoms with Crippen molar-refractivity contribution in [3.63, 3.8) is 0 Å². The third-order valence-corrected chi connectivity index (χ3v) is 4.03. The Hall–Kier alpha value is -1.13. The van der Waals surface area contributed by atoms with E-state index < -0.39 is 5.91 Å². The predicted octanol–water partition coefficient (Wildman–Crippen LogP) is 0.972. The van der Waals surface area contributed by atoms with Gasteiger partial charge in [0.05, 0.1) is 6.61 Å². The molecule has 0 fully saturated rings. The first-order valence-electron chi connectivity index (χ1n) is 9.10. The monoisotopic (exact) mass is 356 g/mol. The fourth-order valence-electron chi connectivity index (χ4n) is 2.61. The Morgan fingerprint density at radius 3 is 2.21 bits per heavy atom. The van der Waals surface area contributed by atoms with Gasteiger partial charge in [-0.15, -0.1) is 0 Å². The Kier molecular flexibility index (Phi) is 14.7. The molecule has 0 saturated heterocycles. The predicted molar refractivity (Wildman–Crippen MR) is 93.0 cm³/mol. The van der Waals surface area contributed by atoms with Crippen molar-refractivity contribution in [2.75, 3.05) is 6.61 Å². The fraction of sp³-hybridized carbons (Fsp3) is 0.684. The van der Waals surface area contributed by atoms with Crippen LogP contribution in [-0.2, 0) is 11.5 Å². The van der Waals surface area contributed by atoms with E-state index in [1.807, 2.05) is 16.8 Å². The lowest BCUT2D eigenvalue weighted by Gasteiger charge is -2.03. The van der Waals surface area contributed by atoms with Crippen molar-refractivity contribution in [3.05, 3.63) is 30.1 Å². The normalized spacial score (nSPS) is 10.4. The quantitative estimate of drug-likeness (QED) is 0.399. The lowest BCUT2D eigenvalue weighted by atomic mass is 10.1. The van der Waals surface area contributed by atoms with Gasteiger partial charge in [-0.05, 0) is 12.5 Å². The summed E-state index contributed by atoms with van der Waals surface area (Å²) in [4.78, 5) is 11.1. The number of nitrogens with zero attached hydrogens (tertiary/aromatic N) is 1. The van der Waals surface area contributed by atoms with Gasteiger partial charge >= 0.3 is 0 Å². The molecule has 0 unspecified atom stereocenters. The molecule has 0 atom stereocenters. The highest BCUT2D eigenvalue weighted by molar-refractivity contribution is 5.92. The van der Waals surface area contributed by atoms with E-state index in [0.29, 0.717) is 12.3 Å². The molecule has 1 heterocycles. The van der Waals surface area contributed by atoms with Crippen LogP contribution in [-0.4, -0.2) is 12.5 Å². The number of nitrogens with two attached hydrogens (primary N) is 1. The second kappa shape index (κ2) is 15.4. The van der Waals surface area contributed by atoms with Crippen molar-refractivity contribution in [1.29, 1.82) is 0 Å². The molecule has 1 amide bonds. The summed E-state index contributed by atoms with van der Waals surface area (Å²) in [6.45, 7) is 3.50. The number of aromatic nitrogens is 1. The van der Waals surface area contributed by atoms with Gasteiger partial charge in [0.2, 0.25) is 0 Å². The summed E-state index contributed by atoms with van der Waals surface area (Å²) in [6, 6.07) is 3.52. The van der Waals surface area contributed by atoms with E-state index in [1.54, 1.807) is 12.3 Å². The van der Waals surface area contributed by atoms with Crippen LogP contribution in [0.1, 0.15) is 81.5 Å². The van der Waals surface area contributed by atoms with Crippen molar-refractivity contribution >= 4 is 5.91 Å². The SMILES string of the molecule is CCCCCCCCCCCCOC[n+]1cccc(C(N)=O)c1.[Cl-]. The lowest BCUT2D eigenvalue weighted by molar-refractivity contribution is -0.732. The van der Waals surface area contributed by atoms with Crippen molar-refractivity contribution in [2.45, 2.75) is 77.9 Å². The van der Waals surface area contributed by atoms with E-state index in [4.69, 9.17) is 10.5 Å². The van der Waals surface area contributed by atoms with Gasteiger partial charge in [0.1, 0.15) is 5.56 Å². The van der Waals surface area contributed by atoms with Crippen molar-refractivity contribution < 1.29 is 26.5 Å². The zero-order chi connectivity index (χ0) is 16.8. The maximum atomic E-state index is 11.1. The summed E-state index contributed by atoms with van der Waals surface area (Å²) in [6.07, 6.45) is 16.9. The number of ether oxygens (including phenoxy) is 1. The molecule has 0 aliphatic carbocycles. The summed E-state index contributed by atoms with van der Waals surface area (Å²) in [5.74, 6) is -0.408. The first kappa shape index (κ1) is 22.9. The zero-order valence-electron chi connectivity index (χ0n) is 15.0. The summed E-state index contributed by atoms with van der Waals surface area (Å²) in [5.41, 5.74) is 5.77. The molecule has 1 aromatic rings. The standard InChI is InChI=1S/C19H32N2O2.ClH/c1-2-3-4-5-6-7-8-9-10-11-15-23-17-21-14-12-13-18(16-21)19(20)22;/h12-14,16H,2-11,15,17H2,1H3,(H-,20,22);1H. The molecule has 0 aliphatic heterocycles. The minimum atomic E-state index is -0.408. The maximum absolute atomic E-state index is 11.1. The van der Waals surface area contributed by atoms with Gasteiger partial charge in [0.15, 0.2) is 12.4 Å². The third kappa shape index (κ3) is 11.4. The van der Waals surface area contributed by atoms with Crippen LogP contribution in [0.3, 0.4) is 0 Å². The first-order chi connectivity index (χ1) is 11.2. The Bertz CT molecular complexity index is 441. The van der Waals surface area contributed by atoms with Crippen molar-refractivity contribution in [3.8, 4) is 0 Å². The van der Waals surface area contributed by atoms with E-state index >= 15 is 0 Å². The second-order valence-corrected chi connectivity index (χ2v) is 6.19. The number of carbonyl (C=O) groups excluding carboxylic acids is 1. The number of primary amides is 1. The molecule has 2 N–H and O–H groups in total. The largest absolute Gasteiger partial charge is 1.00 e. The topological polar surface area (TPSA) is 56.2 Å². The van der Waals surface area contributed by atoms with Gasteiger partial charge in [0, 0.05) is 6.07 Å². The van der Waals surface area contributed by atoms with E-state index in [-0.39, 0.29) is 12.4 Å². The summed E-state index contributed by atoms with van der Waals surface area (Å²) < 4.78 is 7.48. The summed E-state index contributed by atoms with van der Waals surface area (Å²) in [7, 11) is 0. The van der Waals surface area contributed by atoms with E-state index in [2.05, 4.69) is 6.92 Å². The number of halogens is 1. The average Bonchev–Trinajstić information content (AvgIpc) is 2.56. The third-order valence-electron chi connectivity index (χ3n) is 4.03. The summed E-state index contributed by atoms with van der Waals surface area (Å²) >= 11 is 0. The molecule has 0 radical (unpaired) electrons. The van der Waals surface area contributed by atoms with Crippen LogP contribution in [0.15, 0.2) is 24.5 Å². The Morgan fingerprint density at radius 2 is 1.62 bits per heavy atom. The Morgan fingerprint density at radius 1 is 1.04 bits per heavy atom. The fourth-order valence-corrected chi connectivity index (χ4v) is 2.61. The molecular weight excluding hydrogens is 324 g/mol. The number of pyridine rings is 1. The number of hydrogen-bond donors (Lipinski definition) is 1. The molecule has 1 rings (SSSR count). The van der Waals surface area contributed by atoms with Crippen LogP contribution >= 0.6 is 0 Å². The number of rotatable bonds is 14. The molecule has 138 valence electrons. The van der Waals surface area contributed by atoms with Crippen molar-refractivity contribution in [2.24, 2.45) is 5.73 Å². The molecule has 24 heavy (non-hydrogen) atoms. The van der Waals surface area contributed by atoms with Gasteiger partial charge in [0.25, 0.3) is 12.6 Å². The molecule has 0 aliphatic rings. The zero-order valence-corrected chi connectivity index (χ0v) is 15.8. The molecule has 0 spiro atoms. The van der Waals surface area contributed by atoms with Crippen LogP contribution in [0.25, 0.3) is 0 Å². The Balaban J connectivity index is 0.00000529. The Labute approximate surface area is 153 Å². The van der Waals surface area contributed by atoms with Crippen LogP contribution in [0.5, 0.6) is 0 Å². The van der Waals surface area contributed by atoms with Gasteiger partial charge in [-0.25, -0.2) is 0 Å². The summed E-state index contributed by atoms with van der Waals surface area (Å²) in [5, 5.41) is 0. The van der Waals surface area contributed by atoms with Gasteiger partial charge < -0.3 is 22.9 Å².